The van der Waals surface area contributed by atoms with Crippen LogP contribution < -0.4 is 5.32 Å². The number of ether oxygens (including phenoxy) is 1. The Labute approximate surface area is 144 Å². The van der Waals surface area contributed by atoms with Gasteiger partial charge in [-0.2, -0.15) is 0 Å². The highest BCUT2D eigenvalue weighted by Crippen LogP contribution is 2.51. The molecule has 6 nitrogen and oxygen atoms in total. The van der Waals surface area contributed by atoms with Gasteiger partial charge in [-0.15, -0.1) is 0 Å². The highest BCUT2D eigenvalue weighted by molar-refractivity contribution is 6.01. The zero-order chi connectivity index (χ0) is 18.4. The summed E-state index contributed by atoms with van der Waals surface area (Å²) in [5.41, 5.74) is -1.37. The minimum atomic E-state index is -1.41. The Bertz CT molecular complexity index is 845. The maximum absolute atomic E-state index is 13.3. The topological polar surface area (TPSA) is 91.4 Å². The van der Waals surface area contributed by atoms with Crippen molar-refractivity contribution in [3.63, 3.8) is 0 Å². The molecule has 0 bridgehead atoms. The third-order valence-electron chi connectivity index (χ3n) is 5.28. The van der Waals surface area contributed by atoms with Crippen LogP contribution in [0.2, 0.25) is 0 Å². The van der Waals surface area contributed by atoms with Crippen molar-refractivity contribution in [2.45, 2.75) is 38.8 Å². The van der Waals surface area contributed by atoms with E-state index < -0.39 is 28.6 Å². The van der Waals surface area contributed by atoms with E-state index in [9.17, 15) is 19.1 Å². The molecule has 1 aromatic carbocycles. The van der Waals surface area contributed by atoms with Gasteiger partial charge in [0.2, 0.25) is 0 Å². The Morgan fingerprint density at radius 2 is 2.12 bits per heavy atom. The maximum Gasteiger partial charge on any atom is 0.330 e. The van der Waals surface area contributed by atoms with Crippen molar-refractivity contribution in [2.24, 2.45) is 5.41 Å². The Hall–Kier alpha value is -2.41. The molecule has 0 radical (unpaired) electrons. The van der Waals surface area contributed by atoms with E-state index >= 15 is 0 Å². The normalized spacial score (nSPS) is 24.7. The number of hydrogen-bond acceptors (Lipinski definition) is 3. The molecular formula is C18H21FN2O4. The second-order valence-corrected chi connectivity index (χ2v) is 6.95. The van der Waals surface area contributed by atoms with Gasteiger partial charge in [0.15, 0.2) is 0 Å². The first-order chi connectivity index (χ1) is 11.7. The number of carbonyl (C=O) groups is 2. The number of rotatable bonds is 5. The van der Waals surface area contributed by atoms with Crippen LogP contribution >= 0.6 is 0 Å². The first-order valence-corrected chi connectivity index (χ1v) is 8.17. The number of fused-ring (bicyclic) bond motifs is 1. The van der Waals surface area contributed by atoms with Gasteiger partial charge in [0.05, 0.1) is 6.10 Å². The van der Waals surface area contributed by atoms with E-state index in [0.29, 0.717) is 17.5 Å². The largest absolute Gasteiger partial charge is 0.479 e. The molecule has 1 saturated carbocycles. The number of H-pyrrole nitrogens is 1. The first kappa shape index (κ1) is 17.4. The van der Waals surface area contributed by atoms with Crippen molar-refractivity contribution in [2.75, 3.05) is 6.61 Å². The number of aromatic amines is 1. The molecule has 2 atom stereocenters. The number of carboxylic acid groups (broad SMARTS) is 1. The lowest BCUT2D eigenvalue weighted by Gasteiger charge is -2.58. The third-order valence-corrected chi connectivity index (χ3v) is 5.28. The number of hydrogen-bond donors (Lipinski definition) is 3. The molecule has 1 heterocycles. The molecule has 134 valence electrons. The Kier molecular flexibility index (Phi) is 4.07. The SMILES string of the molecule is CCOC1CC(NC(=O)c2cc3cc(F)ccc3[nH]2)(C(=O)O)C1(C)C. The van der Waals surface area contributed by atoms with Gasteiger partial charge in [0, 0.05) is 29.3 Å². The smallest absolute Gasteiger partial charge is 0.330 e. The van der Waals surface area contributed by atoms with Crippen LogP contribution in [0.15, 0.2) is 24.3 Å². The van der Waals surface area contributed by atoms with E-state index in [0.717, 1.165) is 0 Å². The molecule has 1 aliphatic rings. The molecular weight excluding hydrogens is 327 g/mol. The van der Waals surface area contributed by atoms with E-state index in [1.807, 2.05) is 6.92 Å². The second kappa shape index (κ2) is 5.84. The average molecular weight is 348 g/mol. The number of carboxylic acids is 1. The second-order valence-electron chi connectivity index (χ2n) is 6.95. The van der Waals surface area contributed by atoms with Crippen molar-refractivity contribution in [1.29, 1.82) is 0 Å². The van der Waals surface area contributed by atoms with Crippen molar-refractivity contribution in [1.82, 2.24) is 10.3 Å². The summed E-state index contributed by atoms with van der Waals surface area (Å²) >= 11 is 0. The van der Waals surface area contributed by atoms with E-state index in [4.69, 9.17) is 4.74 Å². The number of halogens is 1. The zero-order valence-electron chi connectivity index (χ0n) is 14.4. The number of amides is 1. The summed E-state index contributed by atoms with van der Waals surface area (Å²) in [6.07, 6.45) is -0.0465. The van der Waals surface area contributed by atoms with Gasteiger partial charge in [0.1, 0.15) is 17.1 Å². The van der Waals surface area contributed by atoms with Crippen LogP contribution in [0, 0.1) is 11.2 Å². The quantitative estimate of drug-likeness (QED) is 0.775. The van der Waals surface area contributed by atoms with Gasteiger partial charge in [-0.3, -0.25) is 4.79 Å². The molecule has 3 rings (SSSR count). The lowest BCUT2D eigenvalue weighted by Crippen LogP contribution is -2.76. The van der Waals surface area contributed by atoms with Crippen LogP contribution in [0.1, 0.15) is 37.7 Å². The summed E-state index contributed by atoms with van der Waals surface area (Å²) < 4.78 is 18.9. The van der Waals surface area contributed by atoms with E-state index in [1.165, 1.54) is 24.3 Å². The van der Waals surface area contributed by atoms with Crippen LogP contribution in [0.25, 0.3) is 10.9 Å². The standard InChI is InChI=1S/C18H21FN2O4/c1-4-25-14-9-18(16(23)24,17(14,2)3)21-15(22)13-8-10-7-11(19)5-6-12(10)20-13/h5-8,14,20H,4,9H2,1-3H3,(H,21,22)(H,23,24). The van der Waals surface area contributed by atoms with E-state index in [-0.39, 0.29) is 18.2 Å². The molecule has 25 heavy (non-hydrogen) atoms. The summed E-state index contributed by atoms with van der Waals surface area (Å²) in [4.78, 5) is 27.4. The van der Waals surface area contributed by atoms with Gasteiger partial charge in [0.25, 0.3) is 5.91 Å². The predicted molar refractivity (Wildman–Crippen MR) is 89.9 cm³/mol. The van der Waals surface area contributed by atoms with Crippen LogP contribution in [-0.4, -0.2) is 40.2 Å². The van der Waals surface area contributed by atoms with Crippen molar-refractivity contribution >= 4 is 22.8 Å². The Morgan fingerprint density at radius 3 is 2.72 bits per heavy atom. The molecule has 1 aromatic heterocycles. The average Bonchev–Trinajstić information content (AvgIpc) is 2.96. The molecule has 0 aliphatic heterocycles. The summed E-state index contributed by atoms with van der Waals surface area (Å²) in [5.74, 6) is -2.04. The fourth-order valence-corrected chi connectivity index (χ4v) is 3.52. The molecule has 1 aliphatic carbocycles. The zero-order valence-corrected chi connectivity index (χ0v) is 14.4. The molecule has 1 fully saturated rings. The van der Waals surface area contributed by atoms with Crippen molar-refractivity contribution in [3.8, 4) is 0 Å². The lowest BCUT2D eigenvalue weighted by molar-refractivity contribution is -0.190. The summed E-state index contributed by atoms with van der Waals surface area (Å²) in [5, 5.41) is 13.0. The van der Waals surface area contributed by atoms with Crippen molar-refractivity contribution < 1.29 is 23.8 Å². The summed E-state index contributed by atoms with van der Waals surface area (Å²) in [7, 11) is 0. The first-order valence-electron chi connectivity index (χ1n) is 8.17. The number of carbonyl (C=O) groups excluding carboxylic acids is 1. The number of aromatic nitrogens is 1. The van der Waals surface area contributed by atoms with E-state index in [2.05, 4.69) is 10.3 Å². The fourth-order valence-electron chi connectivity index (χ4n) is 3.52. The Morgan fingerprint density at radius 1 is 1.40 bits per heavy atom. The van der Waals surface area contributed by atoms with Gasteiger partial charge in [-0.05, 0) is 31.2 Å². The van der Waals surface area contributed by atoms with Gasteiger partial charge in [-0.1, -0.05) is 13.8 Å². The molecule has 7 heteroatoms. The minimum absolute atomic E-state index is 0.192. The molecule has 0 saturated heterocycles. The predicted octanol–water partition coefficient (Wildman–Crippen LogP) is 2.70. The van der Waals surface area contributed by atoms with E-state index in [1.54, 1.807) is 13.8 Å². The molecule has 1 amide bonds. The van der Waals surface area contributed by atoms with Crippen LogP contribution in [0.4, 0.5) is 4.39 Å². The minimum Gasteiger partial charge on any atom is -0.479 e. The molecule has 2 unspecified atom stereocenters. The van der Waals surface area contributed by atoms with Gasteiger partial charge in [-0.25, -0.2) is 9.18 Å². The van der Waals surface area contributed by atoms with Crippen LogP contribution in [0.5, 0.6) is 0 Å². The number of benzene rings is 1. The lowest BCUT2D eigenvalue weighted by atomic mass is 9.54. The molecule has 3 N–H and O–H groups in total. The number of aliphatic carboxylic acids is 1. The van der Waals surface area contributed by atoms with Gasteiger partial charge >= 0.3 is 5.97 Å². The Balaban J connectivity index is 1.87. The van der Waals surface area contributed by atoms with Crippen LogP contribution in [-0.2, 0) is 9.53 Å². The highest BCUT2D eigenvalue weighted by atomic mass is 19.1. The van der Waals surface area contributed by atoms with Gasteiger partial charge < -0.3 is 20.1 Å². The fraction of sp³-hybridized carbons (Fsp3) is 0.444. The molecule has 0 spiro atoms. The summed E-state index contributed by atoms with van der Waals surface area (Å²) in [6, 6.07) is 5.65. The number of nitrogens with one attached hydrogen (secondary N) is 2. The van der Waals surface area contributed by atoms with Crippen LogP contribution in [0.3, 0.4) is 0 Å². The molecule has 2 aromatic rings. The highest BCUT2D eigenvalue weighted by Gasteiger charge is 2.66. The third kappa shape index (κ3) is 2.59. The monoisotopic (exact) mass is 348 g/mol. The summed E-state index contributed by atoms with van der Waals surface area (Å²) in [6.45, 7) is 5.86. The van der Waals surface area contributed by atoms with Crippen molar-refractivity contribution in [3.05, 3.63) is 35.8 Å². The maximum atomic E-state index is 13.3.